The molecule has 1 heterocycles. The van der Waals surface area contributed by atoms with Crippen LogP contribution in [0, 0.1) is 17.8 Å². The molecule has 3 fully saturated rings. The predicted molar refractivity (Wildman–Crippen MR) is 108 cm³/mol. The molecule has 2 saturated carbocycles. The van der Waals surface area contributed by atoms with Crippen molar-refractivity contribution in [1.82, 2.24) is 10.6 Å². The van der Waals surface area contributed by atoms with Crippen molar-refractivity contribution < 1.29 is 27.1 Å². The lowest BCUT2D eigenvalue weighted by Crippen LogP contribution is -2.66. The van der Waals surface area contributed by atoms with Crippen LogP contribution in [0.4, 0.5) is 17.6 Å². The average Bonchev–Trinajstić information content (AvgIpc) is 2.71. The number of halogens is 4. The summed E-state index contributed by atoms with van der Waals surface area (Å²) in [5, 5.41) is 5.79. The summed E-state index contributed by atoms with van der Waals surface area (Å²) in [6.07, 6.45) is 0.774. The smallest absolute Gasteiger partial charge is 0.416 e. The molecule has 4 nitrogen and oxygen atoms in total. The molecule has 5 atom stereocenters. The number of fused-ring (bicyclic) bond motifs is 1. The van der Waals surface area contributed by atoms with Crippen molar-refractivity contribution in [3.05, 3.63) is 29.8 Å². The summed E-state index contributed by atoms with van der Waals surface area (Å²) in [6.45, 7) is 2.26. The van der Waals surface area contributed by atoms with Gasteiger partial charge >= 0.3 is 6.18 Å². The maximum Gasteiger partial charge on any atom is 0.416 e. The second-order valence-electron chi connectivity index (χ2n) is 9.41. The zero-order valence-corrected chi connectivity index (χ0v) is 17.7. The number of hydrogen-bond acceptors (Lipinski definition) is 3. The lowest BCUT2D eigenvalue weighted by Gasteiger charge is -2.44. The molecule has 2 aliphatic carbocycles. The number of hydrogen-bond donors (Lipinski definition) is 2. The first kappa shape index (κ1) is 22.4. The molecule has 4 rings (SSSR count). The molecule has 8 heteroatoms. The maximum absolute atomic E-state index is 14.5. The third-order valence-electron chi connectivity index (χ3n) is 7.39. The fourth-order valence-corrected chi connectivity index (χ4v) is 5.32. The molecule has 0 radical (unpaired) electrons. The van der Waals surface area contributed by atoms with Gasteiger partial charge in [0.15, 0.2) is 5.67 Å². The van der Waals surface area contributed by atoms with E-state index in [2.05, 4.69) is 10.6 Å². The maximum atomic E-state index is 14.5. The number of amides is 1. The van der Waals surface area contributed by atoms with Crippen LogP contribution in [-0.4, -0.2) is 36.8 Å². The Labute approximate surface area is 180 Å². The van der Waals surface area contributed by atoms with Gasteiger partial charge in [-0.1, -0.05) is 0 Å². The van der Waals surface area contributed by atoms with E-state index in [0.717, 1.165) is 50.7 Å². The summed E-state index contributed by atoms with van der Waals surface area (Å²) >= 11 is 0. The molecule has 2 N–H and O–H groups in total. The minimum absolute atomic E-state index is 0.0476. The molecule has 3 aliphatic rings. The molecule has 1 aromatic rings. The Hall–Kier alpha value is -1.83. The molecule has 172 valence electrons. The molecule has 0 bridgehead atoms. The Bertz CT molecular complexity index is 779. The van der Waals surface area contributed by atoms with Crippen molar-refractivity contribution in [2.75, 3.05) is 13.1 Å². The van der Waals surface area contributed by atoms with Crippen molar-refractivity contribution in [2.24, 2.45) is 17.8 Å². The Morgan fingerprint density at radius 1 is 1.16 bits per heavy atom. The van der Waals surface area contributed by atoms with E-state index in [0.29, 0.717) is 17.6 Å². The third kappa shape index (κ3) is 4.83. The summed E-state index contributed by atoms with van der Waals surface area (Å²) < 4.78 is 58.9. The summed E-state index contributed by atoms with van der Waals surface area (Å²) in [5.41, 5.74) is -2.05. The van der Waals surface area contributed by atoms with Gasteiger partial charge in [-0.15, -0.1) is 0 Å². The number of benzene rings is 1. The second kappa shape index (κ2) is 8.60. The monoisotopic (exact) mass is 442 g/mol. The first-order valence-corrected chi connectivity index (χ1v) is 11.2. The highest BCUT2D eigenvalue weighted by molar-refractivity contribution is 5.79. The fourth-order valence-electron chi connectivity index (χ4n) is 5.32. The van der Waals surface area contributed by atoms with Crippen molar-refractivity contribution in [3.8, 4) is 5.75 Å². The van der Waals surface area contributed by atoms with Crippen molar-refractivity contribution in [2.45, 2.75) is 69.4 Å². The third-order valence-corrected chi connectivity index (χ3v) is 7.39. The van der Waals surface area contributed by atoms with Crippen LogP contribution in [0.5, 0.6) is 5.75 Å². The Kier molecular flexibility index (Phi) is 6.21. The minimum Gasteiger partial charge on any atom is -0.490 e. The van der Waals surface area contributed by atoms with Crippen LogP contribution in [-0.2, 0) is 11.0 Å². The summed E-state index contributed by atoms with van der Waals surface area (Å²) in [7, 11) is 0. The Morgan fingerprint density at radius 2 is 1.87 bits per heavy atom. The Morgan fingerprint density at radius 3 is 2.48 bits per heavy atom. The zero-order valence-electron chi connectivity index (χ0n) is 17.7. The number of alkyl halides is 4. The van der Waals surface area contributed by atoms with Gasteiger partial charge in [-0.2, -0.15) is 13.2 Å². The zero-order chi connectivity index (χ0) is 22.2. The van der Waals surface area contributed by atoms with E-state index in [1.165, 1.54) is 12.1 Å². The molecule has 1 aliphatic heterocycles. The van der Waals surface area contributed by atoms with Crippen LogP contribution < -0.4 is 15.4 Å². The first-order chi connectivity index (χ1) is 14.7. The second-order valence-corrected chi connectivity index (χ2v) is 9.41. The summed E-state index contributed by atoms with van der Waals surface area (Å²) in [5.74, 6) is 0.902. The van der Waals surface area contributed by atoms with E-state index >= 15 is 0 Å². The summed E-state index contributed by atoms with van der Waals surface area (Å²) in [6, 6.07) is 4.35. The number of ether oxygens (including phenoxy) is 1. The molecule has 1 saturated heterocycles. The van der Waals surface area contributed by atoms with E-state index in [4.69, 9.17) is 4.74 Å². The molecule has 0 spiro atoms. The van der Waals surface area contributed by atoms with E-state index in [1.807, 2.05) is 0 Å². The molecule has 0 aromatic heterocycles. The van der Waals surface area contributed by atoms with E-state index in [-0.39, 0.29) is 31.0 Å². The largest absolute Gasteiger partial charge is 0.490 e. The van der Waals surface area contributed by atoms with E-state index < -0.39 is 23.5 Å². The lowest BCUT2D eigenvalue weighted by molar-refractivity contribution is -0.137. The van der Waals surface area contributed by atoms with E-state index in [9.17, 15) is 22.4 Å². The predicted octanol–water partition coefficient (Wildman–Crippen LogP) is 4.49. The van der Waals surface area contributed by atoms with Crippen LogP contribution in [0.3, 0.4) is 0 Å². The van der Waals surface area contributed by atoms with Gasteiger partial charge in [0.1, 0.15) is 11.9 Å². The fraction of sp³-hybridized carbons (Fsp3) is 0.696. The molecule has 1 amide bonds. The van der Waals surface area contributed by atoms with Crippen LogP contribution in [0.15, 0.2) is 24.3 Å². The van der Waals surface area contributed by atoms with Gasteiger partial charge in [0.2, 0.25) is 5.91 Å². The van der Waals surface area contributed by atoms with Gasteiger partial charge in [-0.05, 0) is 81.5 Å². The lowest BCUT2D eigenvalue weighted by atomic mass is 9.66. The van der Waals surface area contributed by atoms with Gasteiger partial charge in [0, 0.05) is 19.0 Å². The van der Waals surface area contributed by atoms with Crippen LogP contribution in [0.1, 0.15) is 51.0 Å². The average molecular weight is 442 g/mol. The normalized spacial score (nSPS) is 31.1. The number of nitrogens with one attached hydrogen (secondary N) is 2. The van der Waals surface area contributed by atoms with Gasteiger partial charge in [0.05, 0.1) is 11.6 Å². The molecule has 1 aromatic carbocycles. The molecular formula is C23H30F4N2O2. The topological polar surface area (TPSA) is 50.4 Å². The Balaban J connectivity index is 1.33. The highest BCUT2D eigenvalue weighted by atomic mass is 19.4. The van der Waals surface area contributed by atoms with Gasteiger partial charge < -0.3 is 15.4 Å². The van der Waals surface area contributed by atoms with Crippen LogP contribution >= 0.6 is 0 Å². The SMILES string of the molecule is CC(NC(=O)C1CCC2C(CCCC2Oc2ccc(C(F)(F)F)cc2)C1)C1(F)CNC1. The standard InChI is InChI=1S/C23H30F4N2O2/c1-14(22(24)12-28-13-22)29-21(30)16-5-10-19-15(11-16)3-2-4-20(19)31-18-8-6-17(7-9-18)23(25,26)27/h6-9,14-16,19-20,28H,2-5,10-13H2,1H3,(H,29,30). The number of carbonyl (C=O) groups excluding carboxylic acids is 1. The molecular weight excluding hydrogens is 412 g/mol. The number of carbonyl (C=O) groups is 1. The quantitative estimate of drug-likeness (QED) is 0.661. The van der Waals surface area contributed by atoms with Crippen LogP contribution in [0.2, 0.25) is 0 Å². The number of rotatable bonds is 5. The minimum atomic E-state index is -4.36. The van der Waals surface area contributed by atoms with Crippen molar-refractivity contribution >= 4 is 5.91 Å². The highest BCUT2D eigenvalue weighted by Crippen LogP contribution is 2.44. The van der Waals surface area contributed by atoms with Gasteiger partial charge in [-0.3, -0.25) is 4.79 Å². The first-order valence-electron chi connectivity index (χ1n) is 11.2. The van der Waals surface area contributed by atoms with Crippen LogP contribution in [0.25, 0.3) is 0 Å². The highest BCUT2D eigenvalue weighted by Gasteiger charge is 2.45. The van der Waals surface area contributed by atoms with E-state index in [1.54, 1.807) is 6.92 Å². The molecule has 31 heavy (non-hydrogen) atoms. The van der Waals surface area contributed by atoms with Crippen molar-refractivity contribution in [1.29, 1.82) is 0 Å². The van der Waals surface area contributed by atoms with Gasteiger partial charge in [0.25, 0.3) is 0 Å². The summed E-state index contributed by atoms with van der Waals surface area (Å²) in [4.78, 5) is 12.7. The van der Waals surface area contributed by atoms with Crippen molar-refractivity contribution in [3.63, 3.8) is 0 Å². The van der Waals surface area contributed by atoms with Gasteiger partial charge in [-0.25, -0.2) is 4.39 Å². The molecule has 5 unspecified atom stereocenters.